The Morgan fingerprint density at radius 1 is 0.758 bits per heavy atom. The van der Waals surface area contributed by atoms with E-state index in [-0.39, 0.29) is 52.0 Å². The second-order valence-corrected chi connectivity index (χ2v) is 18.2. The predicted octanol–water partition coefficient (Wildman–Crippen LogP) is 10.7. The van der Waals surface area contributed by atoms with E-state index >= 15 is 0 Å². The number of hydrogen-bond acceptors (Lipinski definition) is 9. The summed E-state index contributed by atoms with van der Waals surface area (Å²) in [5, 5.41) is 27.2. The normalized spacial score (nSPS) is 19.8. The topological polar surface area (TPSA) is 161 Å². The molecule has 10 rings (SSSR count). The fourth-order valence-corrected chi connectivity index (χ4v) is 8.91. The highest BCUT2D eigenvalue weighted by Gasteiger charge is 2.29. The van der Waals surface area contributed by atoms with E-state index < -0.39 is 6.10 Å². The van der Waals surface area contributed by atoms with Crippen LogP contribution in [0.4, 0.5) is 35.6 Å². The van der Waals surface area contributed by atoms with Gasteiger partial charge in [0.25, 0.3) is 0 Å². The molecule has 4 aliphatic heterocycles. The van der Waals surface area contributed by atoms with E-state index in [4.69, 9.17) is 16.6 Å². The van der Waals surface area contributed by atoms with Gasteiger partial charge in [0, 0.05) is 51.2 Å². The molecule has 0 radical (unpaired) electrons. The van der Waals surface area contributed by atoms with Crippen molar-refractivity contribution >= 4 is 84.0 Å². The maximum absolute atomic E-state index is 14.1. The van der Waals surface area contributed by atoms with E-state index in [0.29, 0.717) is 68.2 Å². The number of aliphatic hydroxyl groups is 1. The van der Waals surface area contributed by atoms with Gasteiger partial charge < -0.3 is 35.8 Å². The molecular weight excluding hydrogens is 1000 g/mol. The lowest BCUT2D eigenvalue weighted by Gasteiger charge is -2.26. The highest BCUT2D eigenvalue weighted by Crippen LogP contribution is 2.37. The number of rotatable bonds is 5. The van der Waals surface area contributed by atoms with E-state index in [1.807, 2.05) is 29.3 Å². The van der Waals surface area contributed by atoms with Crippen LogP contribution < -0.4 is 20.9 Å². The van der Waals surface area contributed by atoms with Crippen LogP contribution in [0, 0.1) is 17.6 Å². The molecule has 4 aliphatic rings. The van der Waals surface area contributed by atoms with Crippen molar-refractivity contribution < 1.29 is 23.5 Å². The molecular formula is C46H59Br2ClF2N12O3. The van der Waals surface area contributed by atoms with Crippen LogP contribution in [0.2, 0.25) is 5.15 Å². The number of halogens is 5. The van der Waals surface area contributed by atoms with Crippen LogP contribution in [-0.4, -0.2) is 102 Å². The van der Waals surface area contributed by atoms with Crippen LogP contribution in [0.25, 0.3) is 11.3 Å². The molecule has 4 amide bonds. The first-order chi connectivity index (χ1) is 30.4. The van der Waals surface area contributed by atoms with E-state index in [2.05, 4.69) is 74.8 Å². The number of hydrogen-bond donors (Lipinski definition) is 4. The van der Waals surface area contributed by atoms with Gasteiger partial charge in [0.05, 0.1) is 33.5 Å². The minimum Gasteiger partial charge on any atom is -0.391 e. The Bertz CT molecular complexity index is 2600. The van der Waals surface area contributed by atoms with E-state index in [1.165, 1.54) is 17.1 Å². The fraction of sp³-hybridized carbons (Fsp3) is 0.435. The van der Waals surface area contributed by atoms with Gasteiger partial charge in [-0.3, -0.25) is 0 Å². The van der Waals surface area contributed by atoms with Gasteiger partial charge in [0.1, 0.15) is 34.0 Å². The zero-order valence-electron chi connectivity index (χ0n) is 34.4. The van der Waals surface area contributed by atoms with Crippen molar-refractivity contribution in [2.45, 2.75) is 85.9 Å². The molecule has 4 saturated heterocycles. The third-order valence-corrected chi connectivity index (χ3v) is 13.1. The number of likely N-dealkylation sites (tertiary alicyclic amines) is 2. The van der Waals surface area contributed by atoms with Crippen molar-refractivity contribution in [1.29, 1.82) is 0 Å². The van der Waals surface area contributed by atoms with Crippen molar-refractivity contribution in [1.82, 2.24) is 44.3 Å². The van der Waals surface area contributed by atoms with Crippen LogP contribution in [0.15, 0.2) is 82.3 Å². The first-order valence-corrected chi connectivity index (χ1v) is 22.9. The number of aliphatic hydroxyl groups excluding tert-OH is 1. The number of fused-ring (bicyclic) bond motifs is 2. The molecule has 66 heavy (non-hydrogen) atoms. The largest absolute Gasteiger partial charge is 0.391 e. The number of carbonyl (C=O) groups is 2. The molecule has 1 unspecified atom stereocenters. The third kappa shape index (κ3) is 12.1. The smallest absolute Gasteiger partial charge is 0.322 e. The van der Waals surface area contributed by atoms with Crippen molar-refractivity contribution in [2.24, 2.45) is 5.92 Å². The standard InChI is InChI=1S/C22H24BrFN6O.C11H12ClN5O2.C10H11BrFN.3CH4/c1-14-6-9-28(13-14)22(31)26-18-12-25-30-10-7-20(27-21(18)30)29-8-2-3-19(29)15-4-5-16(23)17(24)11-15;12-9-2-4-17-10(15-9)8(5-13-17)14-11(19)16-3-1-7(18)6-16;11-8-4-3-7(6-9(8)12)10-2-1-5-13-10;;;/h4-5,7,10-12,14,19H,2-3,6,8-9,13H2,1H3,(H,26,31);2,4-5,7,18H,1,3,6H2,(H,14,19);3-4,6,10,13H,1-2,5H2;3*1H4/t14-,19+;7-;;;;/m00..../s1. The molecule has 15 nitrogen and oxygen atoms in total. The maximum Gasteiger partial charge on any atom is 0.322 e. The van der Waals surface area contributed by atoms with Crippen LogP contribution in [0.1, 0.15) is 90.9 Å². The van der Waals surface area contributed by atoms with Crippen LogP contribution in [-0.2, 0) is 0 Å². The summed E-state index contributed by atoms with van der Waals surface area (Å²) in [7, 11) is 0. The van der Waals surface area contributed by atoms with Crippen molar-refractivity contribution in [3.05, 3.63) is 110 Å². The Kier molecular flexibility index (Phi) is 18.3. The Balaban J connectivity index is 0.000000200. The van der Waals surface area contributed by atoms with Gasteiger partial charge in [-0.2, -0.15) is 10.2 Å². The Labute approximate surface area is 406 Å². The number of nitrogens with one attached hydrogen (secondary N) is 3. The molecule has 6 aromatic rings. The number of aromatic nitrogens is 6. The summed E-state index contributed by atoms with van der Waals surface area (Å²) in [6.07, 6.45) is 12.1. The van der Waals surface area contributed by atoms with E-state index in [9.17, 15) is 23.5 Å². The number of urea groups is 2. The van der Waals surface area contributed by atoms with E-state index in [1.54, 1.807) is 52.1 Å². The predicted molar refractivity (Wildman–Crippen MR) is 264 cm³/mol. The zero-order chi connectivity index (χ0) is 44.2. The van der Waals surface area contributed by atoms with Crippen molar-refractivity contribution in [3.8, 4) is 0 Å². The number of benzene rings is 2. The van der Waals surface area contributed by atoms with Gasteiger partial charge >= 0.3 is 12.1 Å². The van der Waals surface area contributed by atoms with Crippen LogP contribution in [0.3, 0.4) is 0 Å². The number of amides is 4. The monoisotopic (exact) mass is 1060 g/mol. The molecule has 4 fully saturated rings. The van der Waals surface area contributed by atoms with Crippen LogP contribution in [0.5, 0.6) is 0 Å². The van der Waals surface area contributed by atoms with Crippen LogP contribution >= 0.6 is 43.5 Å². The average molecular weight is 1060 g/mol. The molecule has 4 N–H and O–H groups in total. The molecule has 20 heteroatoms. The van der Waals surface area contributed by atoms with Crippen molar-refractivity contribution in [2.75, 3.05) is 54.8 Å². The number of nitrogens with zero attached hydrogens (tertiary/aromatic N) is 9. The molecule has 0 spiro atoms. The SMILES string of the molecule is C.C.C.C[C@H]1CCN(C(=O)Nc2cnn3ccc(N4CCC[C@@H]4c4ccc(Br)c(F)c4)nc23)C1.Fc1cc(C2CCCN2)ccc1Br.O=C(Nc1cnn2ccc(Cl)nc12)N1CC[C@H](O)C1. The average Bonchev–Trinajstić information content (AvgIpc) is 4.14. The second kappa shape index (κ2) is 23.2. The van der Waals surface area contributed by atoms with Gasteiger partial charge in [-0.25, -0.2) is 37.4 Å². The molecule has 0 bridgehead atoms. The molecule has 4 atom stereocenters. The highest BCUT2D eigenvalue weighted by atomic mass is 79.9. The van der Waals surface area contributed by atoms with Gasteiger partial charge in [0.15, 0.2) is 11.3 Å². The molecule has 2 aromatic carbocycles. The Hall–Kier alpha value is -4.95. The quantitative estimate of drug-likeness (QED) is 0.123. The number of β-amino-alcohol motifs (C(OH)–C–C–N with tert-alkyl or cyclic N) is 1. The number of carbonyl (C=O) groups excluding carboxylic acids is 2. The lowest BCUT2D eigenvalue weighted by molar-refractivity contribution is 0.176. The summed E-state index contributed by atoms with van der Waals surface area (Å²) in [6.45, 7) is 6.46. The zero-order valence-corrected chi connectivity index (χ0v) is 38.3. The van der Waals surface area contributed by atoms with Gasteiger partial charge in [-0.05, 0) is 130 Å². The molecule has 8 heterocycles. The lowest BCUT2D eigenvalue weighted by Crippen LogP contribution is -2.33. The van der Waals surface area contributed by atoms with Gasteiger partial charge in [-0.1, -0.05) is 52.9 Å². The summed E-state index contributed by atoms with van der Waals surface area (Å²) in [4.78, 5) is 39.1. The summed E-state index contributed by atoms with van der Waals surface area (Å²) in [6, 6.07) is 14.2. The highest BCUT2D eigenvalue weighted by molar-refractivity contribution is 9.10. The Morgan fingerprint density at radius 3 is 1.92 bits per heavy atom. The van der Waals surface area contributed by atoms with Crippen molar-refractivity contribution in [3.63, 3.8) is 0 Å². The number of anilines is 3. The fourth-order valence-electron chi connectivity index (χ4n) is 8.28. The molecule has 4 aromatic heterocycles. The third-order valence-electron chi connectivity index (χ3n) is 11.6. The molecule has 0 saturated carbocycles. The second-order valence-electron chi connectivity index (χ2n) is 16.1. The first kappa shape index (κ1) is 52.0. The summed E-state index contributed by atoms with van der Waals surface area (Å²) >= 11 is 12.2. The Morgan fingerprint density at radius 2 is 1.35 bits per heavy atom. The lowest BCUT2D eigenvalue weighted by atomic mass is 10.0. The first-order valence-electron chi connectivity index (χ1n) is 20.9. The van der Waals surface area contributed by atoms with Gasteiger partial charge in [-0.15, -0.1) is 0 Å². The summed E-state index contributed by atoms with van der Waals surface area (Å²) in [5.41, 5.74) is 4.17. The van der Waals surface area contributed by atoms with E-state index in [0.717, 1.165) is 68.8 Å². The summed E-state index contributed by atoms with van der Waals surface area (Å²) < 4.78 is 31.5. The minimum atomic E-state index is -0.442. The summed E-state index contributed by atoms with van der Waals surface area (Å²) in [5.74, 6) is 0.884. The molecule has 0 aliphatic carbocycles. The van der Waals surface area contributed by atoms with Gasteiger partial charge in [0.2, 0.25) is 0 Å². The molecule has 356 valence electrons. The maximum atomic E-state index is 14.1. The minimum absolute atomic E-state index is 0.